The molecule has 0 radical (unpaired) electrons. The van der Waals surface area contributed by atoms with Crippen LogP contribution < -0.4 is 24.4 Å². The smallest absolute Gasteiger partial charge is 0.338 e. The Hall–Kier alpha value is -4.42. The average Bonchev–Trinajstić information content (AvgIpc) is 3.56. The van der Waals surface area contributed by atoms with Crippen molar-refractivity contribution in [1.29, 1.82) is 0 Å². The van der Waals surface area contributed by atoms with E-state index >= 15 is 0 Å². The number of carbonyl (C=O) groups excluding carboxylic acids is 1. The van der Waals surface area contributed by atoms with Crippen LogP contribution in [-0.4, -0.2) is 42.4 Å². The standard InChI is InChI=1S/C30H25BrN2O8S/c1-5-40-29(37)25-15(2)32-30-33(26(25)19-13-22(38-3)23(39-4)14-20(19)31)27(34)24(42-30)12-18-10-11-21(41-18)16-6-8-17(9-7-16)28(35)36/h6-14,26H,5H2,1-4H3,(H,35,36). The van der Waals surface area contributed by atoms with Gasteiger partial charge in [0.15, 0.2) is 16.3 Å². The third-order valence-corrected chi connectivity index (χ3v) is 8.30. The number of rotatable bonds is 8. The first-order chi connectivity index (χ1) is 20.2. The number of carboxylic acid groups (broad SMARTS) is 1. The van der Waals surface area contributed by atoms with Gasteiger partial charge in [-0.05, 0) is 55.8 Å². The number of hydrogen-bond acceptors (Lipinski definition) is 9. The fourth-order valence-electron chi connectivity index (χ4n) is 4.66. The molecule has 5 rings (SSSR count). The molecule has 1 N–H and O–H groups in total. The van der Waals surface area contributed by atoms with Crippen molar-refractivity contribution < 1.29 is 33.3 Å². The van der Waals surface area contributed by atoms with Gasteiger partial charge in [0.1, 0.15) is 11.5 Å². The Morgan fingerprint density at radius 3 is 2.45 bits per heavy atom. The minimum Gasteiger partial charge on any atom is -0.493 e. The lowest BCUT2D eigenvalue weighted by atomic mass is 9.95. The van der Waals surface area contributed by atoms with Crippen LogP contribution in [0, 0.1) is 0 Å². The number of nitrogens with zero attached hydrogens (tertiary/aromatic N) is 2. The van der Waals surface area contributed by atoms with E-state index in [4.69, 9.17) is 23.7 Å². The summed E-state index contributed by atoms with van der Waals surface area (Å²) in [6.07, 6.45) is 1.61. The molecule has 3 heterocycles. The fourth-order valence-corrected chi connectivity index (χ4v) is 6.22. The summed E-state index contributed by atoms with van der Waals surface area (Å²) in [5, 5.41) is 9.15. The number of halogens is 1. The van der Waals surface area contributed by atoms with Crippen molar-refractivity contribution >= 4 is 45.3 Å². The molecule has 216 valence electrons. The zero-order chi connectivity index (χ0) is 30.1. The van der Waals surface area contributed by atoms with Gasteiger partial charge < -0.3 is 23.7 Å². The summed E-state index contributed by atoms with van der Waals surface area (Å²) in [5.41, 5.74) is 1.73. The lowest BCUT2D eigenvalue weighted by Crippen LogP contribution is -2.40. The first-order valence-corrected chi connectivity index (χ1v) is 14.3. The van der Waals surface area contributed by atoms with E-state index in [0.717, 1.165) is 0 Å². The summed E-state index contributed by atoms with van der Waals surface area (Å²) in [6.45, 7) is 3.57. The molecule has 2 aromatic heterocycles. The van der Waals surface area contributed by atoms with Crippen molar-refractivity contribution in [3.05, 3.63) is 101 Å². The zero-order valence-corrected chi connectivity index (χ0v) is 25.4. The second kappa shape index (κ2) is 11.8. The molecule has 1 aliphatic rings. The third kappa shape index (κ3) is 5.30. The second-order valence-electron chi connectivity index (χ2n) is 9.12. The van der Waals surface area contributed by atoms with Gasteiger partial charge in [-0.2, -0.15) is 0 Å². The summed E-state index contributed by atoms with van der Waals surface area (Å²) < 4.78 is 24.7. The molecule has 12 heteroatoms. The summed E-state index contributed by atoms with van der Waals surface area (Å²) in [6, 6.07) is 12.3. The van der Waals surface area contributed by atoms with E-state index in [1.807, 2.05) is 0 Å². The van der Waals surface area contributed by atoms with Crippen molar-refractivity contribution in [2.75, 3.05) is 20.8 Å². The predicted octanol–water partition coefficient (Wildman–Crippen LogP) is 4.54. The maximum atomic E-state index is 13.9. The number of fused-ring (bicyclic) bond motifs is 1. The normalized spacial score (nSPS) is 14.8. The fraction of sp³-hybridized carbons (Fsp3) is 0.200. The minimum atomic E-state index is -1.02. The number of allylic oxidation sites excluding steroid dienone is 1. The number of methoxy groups -OCH3 is 2. The highest BCUT2D eigenvalue weighted by Gasteiger charge is 2.35. The number of ether oxygens (including phenoxy) is 3. The van der Waals surface area contributed by atoms with Crippen LogP contribution in [0.5, 0.6) is 11.5 Å². The maximum absolute atomic E-state index is 13.9. The van der Waals surface area contributed by atoms with Gasteiger partial charge in [0.25, 0.3) is 5.56 Å². The molecular formula is C30H25BrN2O8S. The maximum Gasteiger partial charge on any atom is 0.338 e. The molecule has 0 spiro atoms. The second-order valence-corrected chi connectivity index (χ2v) is 11.0. The number of hydrogen-bond donors (Lipinski definition) is 1. The Kier molecular flexibility index (Phi) is 8.19. The van der Waals surface area contributed by atoms with Crippen LogP contribution in [0.25, 0.3) is 17.4 Å². The van der Waals surface area contributed by atoms with Crippen molar-refractivity contribution in [2.45, 2.75) is 19.9 Å². The summed E-state index contributed by atoms with van der Waals surface area (Å²) >= 11 is 4.75. The number of aromatic carboxylic acids is 1. The first kappa shape index (κ1) is 29.1. The first-order valence-electron chi connectivity index (χ1n) is 12.7. The van der Waals surface area contributed by atoms with Crippen LogP contribution in [-0.2, 0) is 9.53 Å². The third-order valence-electron chi connectivity index (χ3n) is 6.63. The SMILES string of the molecule is CCOC(=O)C1=C(C)N=c2sc(=Cc3ccc(-c4ccc(C(=O)O)cc4)o3)c(=O)n2C1c1cc(OC)c(OC)cc1Br. The van der Waals surface area contributed by atoms with Gasteiger partial charge in [0.2, 0.25) is 0 Å². The van der Waals surface area contributed by atoms with E-state index in [1.165, 1.54) is 42.3 Å². The van der Waals surface area contributed by atoms with E-state index in [0.29, 0.717) is 53.6 Å². The number of thiazole rings is 1. The molecule has 0 fully saturated rings. The van der Waals surface area contributed by atoms with Crippen LogP contribution in [0.2, 0.25) is 0 Å². The van der Waals surface area contributed by atoms with E-state index in [1.54, 1.807) is 56.3 Å². The highest BCUT2D eigenvalue weighted by atomic mass is 79.9. The molecule has 1 atom stereocenters. The highest BCUT2D eigenvalue weighted by Crippen LogP contribution is 2.40. The molecule has 0 saturated heterocycles. The largest absolute Gasteiger partial charge is 0.493 e. The molecule has 42 heavy (non-hydrogen) atoms. The zero-order valence-electron chi connectivity index (χ0n) is 23.0. The molecule has 0 bridgehead atoms. The number of aromatic nitrogens is 1. The number of carbonyl (C=O) groups is 2. The monoisotopic (exact) mass is 652 g/mol. The van der Waals surface area contributed by atoms with E-state index in [2.05, 4.69) is 20.9 Å². The average molecular weight is 654 g/mol. The molecule has 1 unspecified atom stereocenters. The predicted molar refractivity (Wildman–Crippen MR) is 159 cm³/mol. The Balaban J connectivity index is 1.65. The highest BCUT2D eigenvalue weighted by molar-refractivity contribution is 9.10. The van der Waals surface area contributed by atoms with Crippen molar-refractivity contribution in [3.8, 4) is 22.8 Å². The topological polar surface area (TPSA) is 130 Å². The van der Waals surface area contributed by atoms with Gasteiger partial charge in [-0.25, -0.2) is 14.6 Å². The van der Waals surface area contributed by atoms with Crippen molar-refractivity contribution in [2.24, 2.45) is 4.99 Å². The van der Waals surface area contributed by atoms with Crippen LogP contribution >= 0.6 is 27.3 Å². The van der Waals surface area contributed by atoms with Gasteiger partial charge >= 0.3 is 11.9 Å². The Morgan fingerprint density at radius 2 is 1.81 bits per heavy atom. The molecule has 0 amide bonds. The van der Waals surface area contributed by atoms with Gasteiger partial charge in [-0.3, -0.25) is 9.36 Å². The Labute approximate surface area is 251 Å². The Morgan fingerprint density at radius 1 is 1.12 bits per heavy atom. The summed E-state index contributed by atoms with van der Waals surface area (Å²) in [7, 11) is 3.03. The van der Waals surface area contributed by atoms with E-state index < -0.39 is 18.0 Å². The van der Waals surface area contributed by atoms with Crippen LogP contribution in [0.3, 0.4) is 0 Å². The van der Waals surface area contributed by atoms with Gasteiger partial charge in [0.05, 0.1) is 48.2 Å². The molecular weight excluding hydrogens is 628 g/mol. The van der Waals surface area contributed by atoms with Crippen LogP contribution in [0.4, 0.5) is 0 Å². The van der Waals surface area contributed by atoms with Crippen LogP contribution in [0.15, 0.2) is 78.5 Å². The van der Waals surface area contributed by atoms with E-state index in [9.17, 15) is 14.4 Å². The molecule has 4 aromatic rings. The number of benzene rings is 2. The summed E-state index contributed by atoms with van der Waals surface area (Å²) in [5.74, 6) is 0.239. The number of furan rings is 1. The molecule has 0 aliphatic carbocycles. The number of esters is 1. The van der Waals surface area contributed by atoms with Crippen molar-refractivity contribution in [3.63, 3.8) is 0 Å². The minimum absolute atomic E-state index is 0.152. The van der Waals surface area contributed by atoms with Gasteiger partial charge in [-0.15, -0.1) is 0 Å². The molecule has 2 aromatic carbocycles. The lowest BCUT2D eigenvalue weighted by molar-refractivity contribution is -0.139. The van der Waals surface area contributed by atoms with Gasteiger partial charge in [0, 0.05) is 16.1 Å². The molecule has 0 saturated carbocycles. The quantitative estimate of drug-likeness (QED) is 0.275. The van der Waals surface area contributed by atoms with Crippen molar-refractivity contribution in [1.82, 2.24) is 4.57 Å². The lowest BCUT2D eigenvalue weighted by Gasteiger charge is -2.26. The van der Waals surface area contributed by atoms with Gasteiger partial charge in [-0.1, -0.05) is 39.4 Å². The van der Waals surface area contributed by atoms with E-state index in [-0.39, 0.29) is 23.3 Å². The molecule has 1 aliphatic heterocycles. The number of carboxylic acids is 1. The Bertz CT molecular complexity index is 1920. The van der Waals surface area contributed by atoms with Crippen LogP contribution in [0.1, 0.15) is 41.6 Å². The summed E-state index contributed by atoms with van der Waals surface area (Å²) in [4.78, 5) is 43.3. The molecule has 10 nitrogen and oxygen atoms in total.